The Morgan fingerprint density at radius 2 is 1.57 bits per heavy atom. The minimum absolute atomic E-state index is 0.00899. The summed E-state index contributed by atoms with van der Waals surface area (Å²) in [5.74, 6) is -1.62. The van der Waals surface area contributed by atoms with E-state index in [-0.39, 0.29) is 24.7 Å². The van der Waals surface area contributed by atoms with E-state index in [0.717, 1.165) is 19.3 Å². The van der Waals surface area contributed by atoms with Gasteiger partial charge in [-0.05, 0) is 33.8 Å². The largest absolute Gasteiger partial charge is 0.469 e. The van der Waals surface area contributed by atoms with Gasteiger partial charge >= 0.3 is 5.97 Å². The summed E-state index contributed by atoms with van der Waals surface area (Å²) in [6.45, 7) is 13.6. The molecule has 0 fully saturated rings. The summed E-state index contributed by atoms with van der Waals surface area (Å²) in [6.07, 6.45) is 3.37. The van der Waals surface area contributed by atoms with Crippen molar-refractivity contribution in [2.24, 2.45) is 11.7 Å². The number of ether oxygens (including phenoxy) is 1. The summed E-state index contributed by atoms with van der Waals surface area (Å²) in [6, 6.07) is 5.74. The average Bonchev–Trinajstić information content (AvgIpc) is 2.79. The first kappa shape index (κ1) is 31.0. The zero-order valence-corrected chi connectivity index (χ0v) is 23.8. The van der Waals surface area contributed by atoms with Gasteiger partial charge in [-0.15, -0.1) is 0 Å². The molecular formula is C27H45FN2O4Si. The second kappa shape index (κ2) is 12.8. The zero-order valence-electron chi connectivity index (χ0n) is 22.8. The van der Waals surface area contributed by atoms with Crippen LogP contribution in [0.25, 0.3) is 0 Å². The molecule has 2 atom stereocenters. The number of unbranched alkanes of at least 4 members (excludes halogenated alkanes) is 2. The van der Waals surface area contributed by atoms with Crippen molar-refractivity contribution < 1.29 is 23.2 Å². The first-order chi connectivity index (χ1) is 16.1. The van der Waals surface area contributed by atoms with Crippen molar-refractivity contribution in [2.45, 2.75) is 96.7 Å². The molecule has 35 heavy (non-hydrogen) atoms. The Bertz CT molecular complexity index is 845. The Balaban J connectivity index is 2.82. The van der Waals surface area contributed by atoms with E-state index in [1.165, 1.54) is 7.11 Å². The number of esters is 1. The fraction of sp³-hybridized carbons (Fsp3) is 0.667. The summed E-state index contributed by atoms with van der Waals surface area (Å²) in [5, 5.41) is 2.31. The van der Waals surface area contributed by atoms with Crippen LogP contribution in [0.1, 0.15) is 90.9 Å². The number of hydrogen-bond acceptors (Lipinski definition) is 5. The van der Waals surface area contributed by atoms with E-state index in [1.54, 1.807) is 24.3 Å². The lowest BCUT2D eigenvalue weighted by Gasteiger charge is -2.44. The van der Waals surface area contributed by atoms with Crippen LogP contribution in [0.15, 0.2) is 24.3 Å². The van der Waals surface area contributed by atoms with Crippen molar-refractivity contribution in [3.8, 4) is 0 Å². The van der Waals surface area contributed by atoms with Crippen LogP contribution in [0.4, 0.5) is 4.11 Å². The Hall–Kier alpha value is -2.06. The summed E-state index contributed by atoms with van der Waals surface area (Å²) < 4.78 is 21.3. The monoisotopic (exact) mass is 508 g/mol. The number of nitrogens with two attached hydrogens (primary N) is 1. The van der Waals surface area contributed by atoms with Crippen molar-refractivity contribution in [3.63, 3.8) is 0 Å². The SMILES string of the molecule is CCCCC[C@@H](CC(=O)[C@H](N)CNC(=O)c1ccc([Si](F)(C(C)(C)C)C(C)(C)C)cc1)C(=O)OC. The molecule has 3 N–H and O–H groups in total. The lowest BCUT2D eigenvalue weighted by molar-refractivity contribution is -0.147. The minimum atomic E-state index is -3.41. The molecule has 1 aromatic carbocycles. The molecule has 0 spiro atoms. The van der Waals surface area contributed by atoms with Crippen LogP contribution >= 0.6 is 0 Å². The predicted octanol–water partition coefficient (Wildman–Crippen LogP) is 4.79. The van der Waals surface area contributed by atoms with Gasteiger partial charge in [0.2, 0.25) is 0 Å². The minimum Gasteiger partial charge on any atom is -0.469 e. The zero-order chi connectivity index (χ0) is 27.0. The smallest absolute Gasteiger partial charge is 0.309 e. The summed E-state index contributed by atoms with van der Waals surface area (Å²) in [4.78, 5) is 37.2. The number of carbonyl (C=O) groups is 3. The number of methoxy groups -OCH3 is 1. The summed E-state index contributed by atoms with van der Waals surface area (Å²) in [7, 11) is -2.10. The Morgan fingerprint density at radius 3 is 2.03 bits per heavy atom. The lowest BCUT2D eigenvalue weighted by Crippen LogP contribution is -2.57. The molecule has 1 aromatic rings. The number of carbonyl (C=O) groups excluding carboxylic acids is 3. The quantitative estimate of drug-likeness (QED) is 0.183. The highest BCUT2D eigenvalue weighted by atomic mass is 28.4. The molecule has 0 bridgehead atoms. The molecule has 0 heterocycles. The van der Waals surface area contributed by atoms with Gasteiger partial charge in [0.1, 0.15) is 0 Å². The van der Waals surface area contributed by atoms with E-state index >= 15 is 4.11 Å². The number of halogens is 1. The van der Waals surface area contributed by atoms with Gasteiger partial charge in [0.15, 0.2) is 5.78 Å². The number of nitrogens with one attached hydrogen (secondary N) is 1. The van der Waals surface area contributed by atoms with Gasteiger partial charge in [0.25, 0.3) is 14.3 Å². The Labute approximate surface area is 211 Å². The van der Waals surface area contributed by atoms with Crippen LogP contribution in [0, 0.1) is 5.92 Å². The average molecular weight is 509 g/mol. The first-order valence-corrected chi connectivity index (χ1v) is 14.4. The molecule has 1 rings (SSSR count). The van der Waals surface area contributed by atoms with Gasteiger partial charge in [-0.2, -0.15) is 0 Å². The fourth-order valence-corrected chi connectivity index (χ4v) is 9.37. The molecule has 0 unspecified atom stereocenters. The van der Waals surface area contributed by atoms with E-state index in [2.05, 4.69) is 12.2 Å². The first-order valence-electron chi connectivity index (χ1n) is 12.5. The lowest BCUT2D eigenvalue weighted by atomic mass is 9.93. The van der Waals surface area contributed by atoms with E-state index in [9.17, 15) is 14.4 Å². The maximum Gasteiger partial charge on any atom is 0.309 e. The van der Waals surface area contributed by atoms with E-state index < -0.39 is 36.4 Å². The normalized spacial score (nSPS) is 14.2. The Kier molecular flexibility index (Phi) is 11.3. The van der Waals surface area contributed by atoms with E-state index in [0.29, 0.717) is 17.2 Å². The van der Waals surface area contributed by atoms with Crippen molar-refractivity contribution in [1.82, 2.24) is 5.32 Å². The molecule has 6 nitrogen and oxygen atoms in total. The summed E-state index contributed by atoms with van der Waals surface area (Å²) in [5.41, 5.74) is 6.38. The highest BCUT2D eigenvalue weighted by Crippen LogP contribution is 2.51. The van der Waals surface area contributed by atoms with E-state index in [4.69, 9.17) is 10.5 Å². The highest BCUT2D eigenvalue weighted by Gasteiger charge is 2.56. The number of Topliss-reactive ketones (excluding diaryl/α,β-unsaturated/α-hetero) is 1. The molecule has 0 saturated heterocycles. The molecule has 0 aromatic heterocycles. The third kappa shape index (κ3) is 7.97. The van der Waals surface area contributed by atoms with Crippen LogP contribution < -0.4 is 16.2 Å². The van der Waals surface area contributed by atoms with Gasteiger partial charge in [0, 0.05) is 18.5 Å². The van der Waals surface area contributed by atoms with Crippen LogP contribution in [0.5, 0.6) is 0 Å². The molecule has 0 radical (unpaired) electrons. The fourth-order valence-electron chi connectivity index (χ4n) is 4.77. The van der Waals surface area contributed by atoms with Gasteiger partial charge < -0.3 is 19.9 Å². The van der Waals surface area contributed by atoms with Crippen molar-refractivity contribution in [3.05, 3.63) is 29.8 Å². The molecule has 0 aliphatic heterocycles. The topological polar surface area (TPSA) is 98.5 Å². The molecule has 0 aliphatic rings. The van der Waals surface area contributed by atoms with Crippen molar-refractivity contribution in [1.29, 1.82) is 0 Å². The number of rotatable bonds is 12. The third-order valence-electron chi connectivity index (χ3n) is 6.65. The van der Waals surface area contributed by atoms with Crippen molar-refractivity contribution >= 4 is 31.3 Å². The molecule has 0 saturated carbocycles. The van der Waals surface area contributed by atoms with Gasteiger partial charge in [-0.1, -0.05) is 79.9 Å². The van der Waals surface area contributed by atoms with Crippen LogP contribution in [-0.2, 0) is 14.3 Å². The van der Waals surface area contributed by atoms with Crippen LogP contribution in [-0.4, -0.2) is 45.8 Å². The van der Waals surface area contributed by atoms with Crippen LogP contribution in [0.3, 0.4) is 0 Å². The predicted molar refractivity (Wildman–Crippen MR) is 142 cm³/mol. The number of amides is 1. The van der Waals surface area contributed by atoms with Crippen molar-refractivity contribution in [2.75, 3.05) is 13.7 Å². The van der Waals surface area contributed by atoms with E-state index in [1.807, 2.05) is 41.5 Å². The van der Waals surface area contributed by atoms with Gasteiger partial charge in [0.05, 0.1) is 19.1 Å². The third-order valence-corrected chi connectivity index (χ3v) is 11.9. The Morgan fingerprint density at radius 1 is 1.03 bits per heavy atom. The highest BCUT2D eigenvalue weighted by molar-refractivity contribution is 6.90. The molecule has 8 heteroatoms. The number of hydrogen-bond donors (Lipinski definition) is 2. The molecule has 0 aliphatic carbocycles. The molecular weight excluding hydrogens is 463 g/mol. The standard InChI is InChI=1S/C27H45FN2O4Si/c1-9-10-11-12-20(25(33)34-8)17-23(31)22(29)18-30-24(32)19-13-15-21(16-14-19)35(28,26(2,3)4)27(5,6)7/h13-16,20,22H,9-12,17-18,29H2,1-8H3,(H,30,32)/t20-,22+/m0/s1. The van der Waals surface area contributed by atoms with Crippen LogP contribution in [0.2, 0.25) is 10.1 Å². The van der Waals surface area contributed by atoms with Gasteiger partial charge in [-0.25, -0.2) is 0 Å². The number of ketones is 1. The van der Waals surface area contributed by atoms with Gasteiger partial charge in [-0.3, -0.25) is 14.4 Å². The second-order valence-corrected chi connectivity index (χ2v) is 16.3. The molecule has 198 valence electrons. The maximum atomic E-state index is 16.4. The maximum absolute atomic E-state index is 16.4. The molecule has 1 amide bonds. The summed E-state index contributed by atoms with van der Waals surface area (Å²) >= 11 is 0. The second-order valence-electron chi connectivity index (χ2n) is 11.4. The number of benzene rings is 1.